The van der Waals surface area contributed by atoms with Crippen LogP contribution in [-0.2, 0) is 0 Å². The fourth-order valence-electron chi connectivity index (χ4n) is 0.547. The smallest absolute Gasteiger partial charge is 0.139 e. The van der Waals surface area contributed by atoms with Crippen molar-refractivity contribution in [2.24, 2.45) is 0 Å². The molecule has 2 heteroatoms. The Hall–Kier alpha value is -1.36. The largest absolute Gasteiger partial charge is 0.206 e. The summed E-state index contributed by atoms with van der Waals surface area (Å²) >= 11 is 0. The van der Waals surface area contributed by atoms with Crippen LogP contribution in [0.4, 0.5) is 4.39 Å². The van der Waals surface area contributed by atoms with Gasteiger partial charge in [-0.15, -0.1) is 0 Å². The van der Waals surface area contributed by atoms with Crippen molar-refractivity contribution in [1.29, 1.82) is 5.26 Å². The minimum atomic E-state index is -0.465. The minimum absolute atomic E-state index is 0.0278. The summed E-state index contributed by atoms with van der Waals surface area (Å²) in [6.45, 7) is 6.60. The lowest BCUT2D eigenvalue weighted by Crippen LogP contribution is -1.82. The van der Waals surface area contributed by atoms with Gasteiger partial charge in [0.05, 0.1) is 5.57 Å². The Morgan fingerprint density at radius 2 is 2.09 bits per heavy atom. The highest BCUT2D eigenvalue weighted by molar-refractivity contribution is 5.41. The second-order valence-corrected chi connectivity index (χ2v) is 2.24. The second-order valence-electron chi connectivity index (χ2n) is 2.24. The van der Waals surface area contributed by atoms with Crippen LogP contribution in [0.15, 0.2) is 35.7 Å². The molecule has 11 heavy (non-hydrogen) atoms. The van der Waals surface area contributed by atoms with Crippen molar-refractivity contribution in [3.05, 3.63) is 35.7 Å². The zero-order valence-corrected chi connectivity index (χ0v) is 6.69. The Labute approximate surface area is 66.1 Å². The first-order chi connectivity index (χ1) is 5.13. The van der Waals surface area contributed by atoms with E-state index in [4.69, 9.17) is 5.26 Å². The second kappa shape index (κ2) is 4.45. The van der Waals surface area contributed by atoms with Gasteiger partial charge in [0, 0.05) is 0 Å². The highest BCUT2D eigenvalue weighted by Gasteiger charge is 2.02. The van der Waals surface area contributed by atoms with Crippen LogP contribution < -0.4 is 0 Å². The lowest BCUT2D eigenvalue weighted by Gasteiger charge is -1.94. The Bertz CT molecular complexity index is 249. The highest BCUT2D eigenvalue weighted by atomic mass is 19.1. The molecule has 0 bridgehead atoms. The molecule has 0 atom stereocenters. The van der Waals surface area contributed by atoms with Crippen molar-refractivity contribution >= 4 is 0 Å². The molecular weight excluding hydrogens is 141 g/mol. The number of hydrogen-bond donors (Lipinski definition) is 0. The maximum Gasteiger partial charge on any atom is 0.139 e. The summed E-state index contributed by atoms with van der Waals surface area (Å²) in [5, 5.41) is 8.44. The molecule has 0 saturated heterocycles. The fraction of sp³-hybridized carbons (Fsp3) is 0.222. The van der Waals surface area contributed by atoms with Crippen LogP contribution in [0, 0.1) is 11.3 Å². The number of hydrogen-bond acceptors (Lipinski definition) is 1. The molecular formula is C9H10FN. The predicted octanol–water partition coefficient (Wildman–Crippen LogP) is 2.89. The van der Waals surface area contributed by atoms with E-state index in [1.54, 1.807) is 19.9 Å². The molecule has 0 rings (SSSR count). The van der Waals surface area contributed by atoms with Gasteiger partial charge in [0.1, 0.15) is 11.9 Å². The summed E-state index contributed by atoms with van der Waals surface area (Å²) in [6, 6.07) is 1.74. The van der Waals surface area contributed by atoms with Gasteiger partial charge in [0.15, 0.2) is 0 Å². The summed E-state index contributed by atoms with van der Waals surface area (Å²) in [5.41, 5.74) is 0.527. The molecule has 0 aliphatic heterocycles. The van der Waals surface area contributed by atoms with E-state index in [1.165, 1.54) is 12.2 Å². The van der Waals surface area contributed by atoms with Crippen molar-refractivity contribution in [3.8, 4) is 6.07 Å². The first-order valence-corrected chi connectivity index (χ1v) is 3.19. The van der Waals surface area contributed by atoms with Crippen LogP contribution in [0.1, 0.15) is 13.8 Å². The third kappa shape index (κ3) is 2.81. The van der Waals surface area contributed by atoms with Crippen LogP contribution >= 0.6 is 0 Å². The third-order valence-corrected chi connectivity index (χ3v) is 1.08. The Kier molecular flexibility index (Phi) is 3.90. The molecule has 0 unspecified atom stereocenters. The number of rotatable bonds is 2. The van der Waals surface area contributed by atoms with Crippen molar-refractivity contribution in [2.75, 3.05) is 0 Å². The van der Waals surface area contributed by atoms with Crippen LogP contribution in [0.5, 0.6) is 0 Å². The molecule has 0 aliphatic carbocycles. The first-order valence-electron chi connectivity index (χ1n) is 3.19. The van der Waals surface area contributed by atoms with Gasteiger partial charge in [-0.25, -0.2) is 4.39 Å². The SMILES string of the molecule is C=C/C=C(/C#N)C(F)=C(C)C. The van der Waals surface area contributed by atoms with Crippen molar-refractivity contribution in [1.82, 2.24) is 0 Å². The van der Waals surface area contributed by atoms with Gasteiger partial charge in [-0.2, -0.15) is 5.26 Å². The summed E-state index contributed by atoms with van der Waals surface area (Å²) in [6.07, 6.45) is 2.74. The topological polar surface area (TPSA) is 23.8 Å². The molecule has 0 saturated carbocycles. The highest BCUT2D eigenvalue weighted by Crippen LogP contribution is 2.14. The van der Waals surface area contributed by atoms with Gasteiger partial charge >= 0.3 is 0 Å². The van der Waals surface area contributed by atoms with Crippen molar-refractivity contribution in [2.45, 2.75) is 13.8 Å². The van der Waals surface area contributed by atoms with Crippen molar-refractivity contribution < 1.29 is 4.39 Å². The lowest BCUT2D eigenvalue weighted by molar-refractivity contribution is 0.645. The van der Waals surface area contributed by atoms with E-state index >= 15 is 0 Å². The summed E-state index contributed by atoms with van der Waals surface area (Å²) in [5.74, 6) is -0.465. The molecule has 0 N–H and O–H groups in total. The molecule has 0 aromatic heterocycles. The monoisotopic (exact) mass is 151 g/mol. The molecule has 0 aromatic carbocycles. The molecule has 0 fully saturated rings. The average Bonchev–Trinajstić information content (AvgIpc) is 1.98. The van der Waals surface area contributed by atoms with Crippen molar-refractivity contribution in [3.63, 3.8) is 0 Å². The molecule has 0 radical (unpaired) electrons. The van der Waals surface area contributed by atoms with E-state index < -0.39 is 5.83 Å². The number of halogens is 1. The van der Waals surface area contributed by atoms with Crippen LogP contribution in [0.3, 0.4) is 0 Å². The molecule has 1 nitrogen and oxygen atoms in total. The van der Waals surface area contributed by atoms with Crippen LogP contribution in [0.2, 0.25) is 0 Å². The molecule has 0 aromatic rings. The lowest BCUT2D eigenvalue weighted by atomic mass is 10.1. The standard InChI is InChI=1S/C9H10FN/c1-4-5-8(6-11)9(10)7(2)3/h4-5H,1H2,2-3H3/b8-5-. The quantitative estimate of drug-likeness (QED) is 0.439. The summed E-state index contributed by atoms with van der Waals surface area (Å²) < 4.78 is 12.9. The Morgan fingerprint density at radius 3 is 2.36 bits per heavy atom. The Morgan fingerprint density at radius 1 is 1.55 bits per heavy atom. The van der Waals surface area contributed by atoms with Gasteiger partial charge < -0.3 is 0 Å². The molecule has 0 spiro atoms. The fourth-order valence-corrected chi connectivity index (χ4v) is 0.547. The normalized spacial score (nSPS) is 10.2. The maximum absolute atomic E-state index is 12.9. The van der Waals surface area contributed by atoms with E-state index in [0.29, 0.717) is 5.57 Å². The molecule has 0 heterocycles. The van der Waals surface area contributed by atoms with Gasteiger partial charge in [-0.05, 0) is 25.5 Å². The number of nitriles is 1. The molecule has 58 valence electrons. The van der Waals surface area contributed by atoms with Gasteiger partial charge in [-0.3, -0.25) is 0 Å². The van der Waals surface area contributed by atoms with E-state index in [1.807, 2.05) is 0 Å². The van der Waals surface area contributed by atoms with E-state index in [0.717, 1.165) is 0 Å². The van der Waals surface area contributed by atoms with Crippen LogP contribution in [-0.4, -0.2) is 0 Å². The summed E-state index contributed by atoms with van der Waals surface area (Å²) in [4.78, 5) is 0. The average molecular weight is 151 g/mol. The van der Waals surface area contributed by atoms with E-state index in [9.17, 15) is 4.39 Å². The van der Waals surface area contributed by atoms with Gasteiger partial charge in [-0.1, -0.05) is 12.7 Å². The van der Waals surface area contributed by atoms with Gasteiger partial charge in [0.2, 0.25) is 0 Å². The zero-order chi connectivity index (χ0) is 8.85. The third-order valence-electron chi connectivity index (χ3n) is 1.08. The molecule has 0 aliphatic rings. The first kappa shape index (κ1) is 9.64. The maximum atomic E-state index is 12.9. The summed E-state index contributed by atoms with van der Waals surface area (Å²) in [7, 11) is 0. The van der Waals surface area contributed by atoms with Gasteiger partial charge in [0.25, 0.3) is 0 Å². The van der Waals surface area contributed by atoms with Crippen LogP contribution in [0.25, 0.3) is 0 Å². The Balaban J connectivity index is 4.85. The van der Waals surface area contributed by atoms with E-state index in [-0.39, 0.29) is 5.57 Å². The zero-order valence-electron chi connectivity index (χ0n) is 6.69. The van der Waals surface area contributed by atoms with E-state index in [2.05, 4.69) is 6.58 Å². The number of nitrogens with zero attached hydrogens (tertiary/aromatic N) is 1. The number of allylic oxidation sites excluding steroid dienone is 5. The molecule has 0 amide bonds. The predicted molar refractivity (Wildman–Crippen MR) is 43.4 cm³/mol. The minimum Gasteiger partial charge on any atom is -0.206 e.